The second-order valence-electron chi connectivity index (χ2n) is 9.31. The predicted octanol–water partition coefficient (Wildman–Crippen LogP) is 8.27. The maximum absolute atomic E-state index is 13.9. The highest BCUT2D eigenvalue weighted by Crippen LogP contribution is 2.34. The van der Waals surface area contributed by atoms with E-state index in [0.29, 0.717) is 49.9 Å². The molecule has 0 N–H and O–H groups in total. The highest BCUT2D eigenvalue weighted by atomic mass is 35.5. The Labute approximate surface area is 247 Å². The van der Waals surface area contributed by atoms with Gasteiger partial charge in [-0.25, -0.2) is 9.07 Å². The zero-order valence-corrected chi connectivity index (χ0v) is 23.9. The quantitative estimate of drug-likeness (QED) is 0.173. The van der Waals surface area contributed by atoms with Crippen LogP contribution in [-0.4, -0.2) is 27.7 Å². The number of rotatable bonds is 9. The Morgan fingerprint density at radius 1 is 0.902 bits per heavy atom. The first-order chi connectivity index (χ1) is 19.8. The Balaban J connectivity index is 1.59. The summed E-state index contributed by atoms with van der Waals surface area (Å²) in [7, 11) is 1.59. The van der Waals surface area contributed by atoms with Crippen molar-refractivity contribution in [1.29, 1.82) is 0 Å². The fraction of sp³-hybridized carbons (Fsp3) is 0.125. The summed E-state index contributed by atoms with van der Waals surface area (Å²) >= 11 is 12.7. The normalized spacial score (nSPS) is 10.9. The predicted molar refractivity (Wildman–Crippen MR) is 158 cm³/mol. The van der Waals surface area contributed by atoms with E-state index < -0.39 is 0 Å². The minimum Gasteiger partial charge on any atom is -0.497 e. The third-order valence-corrected chi connectivity index (χ3v) is 7.06. The minimum absolute atomic E-state index is 0.138. The van der Waals surface area contributed by atoms with Crippen LogP contribution in [0, 0.1) is 12.7 Å². The van der Waals surface area contributed by atoms with Crippen LogP contribution in [0.25, 0.3) is 5.69 Å². The van der Waals surface area contributed by atoms with Crippen molar-refractivity contribution >= 4 is 29.1 Å². The Bertz CT molecular complexity index is 1670. The van der Waals surface area contributed by atoms with Gasteiger partial charge < -0.3 is 14.4 Å². The lowest BCUT2D eigenvalue weighted by Gasteiger charge is -2.24. The lowest BCUT2D eigenvalue weighted by atomic mass is 10.1. The Morgan fingerprint density at radius 3 is 2.29 bits per heavy atom. The van der Waals surface area contributed by atoms with Crippen LogP contribution in [0.1, 0.15) is 27.2 Å². The fourth-order valence-electron chi connectivity index (χ4n) is 4.37. The zero-order valence-electron chi connectivity index (χ0n) is 22.4. The molecule has 0 atom stereocenters. The van der Waals surface area contributed by atoms with Crippen molar-refractivity contribution in [1.82, 2.24) is 14.7 Å². The maximum atomic E-state index is 13.9. The molecule has 4 aromatic carbocycles. The summed E-state index contributed by atoms with van der Waals surface area (Å²) in [6, 6.07) is 27.3. The highest BCUT2D eigenvalue weighted by molar-refractivity contribution is 6.33. The van der Waals surface area contributed by atoms with Gasteiger partial charge in [-0.3, -0.25) is 4.79 Å². The number of amides is 1. The molecule has 1 amide bonds. The molecule has 0 fully saturated rings. The van der Waals surface area contributed by atoms with Gasteiger partial charge in [0.1, 0.15) is 17.3 Å². The van der Waals surface area contributed by atoms with Crippen LogP contribution in [0.15, 0.2) is 97.1 Å². The van der Waals surface area contributed by atoms with E-state index in [-0.39, 0.29) is 24.8 Å². The topological polar surface area (TPSA) is 56.6 Å². The Morgan fingerprint density at radius 2 is 1.61 bits per heavy atom. The van der Waals surface area contributed by atoms with Gasteiger partial charge >= 0.3 is 0 Å². The highest BCUT2D eigenvalue weighted by Gasteiger charge is 2.26. The van der Waals surface area contributed by atoms with Crippen LogP contribution < -0.4 is 9.47 Å². The number of ether oxygens (including phenoxy) is 2. The van der Waals surface area contributed by atoms with Crippen LogP contribution in [0.3, 0.4) is 0 Å². The van der Waals surface area contributed by atoms with Gasteiger partial charge in [0, 0.05) is 11.6 Å². The van der Waals surface area contributed by atoms with E-state index in [0.717, 1.165) is 5.56 Å². The van der Waals surface area contributed by atoms with Crippen molar-refractivity contribution in [3.63, 3.8) is 0 Å². The molecule has 9 heteroatoms. The van der Waals surface area contributed by atoms with E-state index >= 15 is 0 Å². The second kappa shape index (κ2) is 12.5. The molecule has 0 aliphatic carbocycles. The molecule has 0 saturated heterocycles. The maximum Gasteiger partial charge on any atom is 0.255 e. The molecule has 0 radical (unpaired) electrons. The molecule has 0 bridgehead atoms. The average molecular weight is 590 g/mol. The summed E-state index contributed by atoms with van der Waals surface area (Å²) in [5, 5.41) is 5.64. The SMILES string of the molecule is COc1ccc(Oc2c(CN(Cc3ccc(F)cc3)C(=O)c3ccccc3Cl)c(C)nn2-c2cccc(Cl)c2)cc1. The van der Waals surface area contributed by atoms with Crippen LogP contribution >= 0.6 is 23.2 Å². The standard InChI is InChI=1S/C32H26Cl2FN3O3/c1-21-29(20-37(19-22-10-12-24(35)13-11-22)31(39)28-8-3-4-9-30(28)34)32(41-27-16-14-26(40-2)15-17-27)38(36-21)25-7-5-6-23(33)18-25/h3-18H,19-20H2,1-2H3. The zero-order chi connectivity index (χ0) is 28.9. The molecule has 0 spiro atoms. The molecule has 0 saturated carbocycles. The van der Waals surface area contributed by atoms with Gasteiger partial charge in [-0.05, 0) is 79.2 Å². The van der Waals surface area contributed by atoms with Crippen molar-refractivity contribution < 1.29 is 18.7 Å². The Kier molecular flexibility index (Phi) is 8.57. The van der Waals surface area contributed by atoms with Crippen molar-refractivity contribution in [3.8, 4) is 23.1 Å². The number of carbonyl (C=O) groups is 1. The Hall–Kier alpha value is -4.33. The van der Waals surface area contributed by atoms with Crippen LogP contribution in [-0.2, 0) is 13.1 Å². The van der Waals surface area contributed by atoms with E-state index in [4.69, 9.17) is 37.8 Å². The number of methoxy groups -OCH3 is 1. The molecule has 6 nitrogen and oxygen atoms in total. The monoisotopic (exact) mass is 589 g/mol. The molecule has 0 unspecified atom stereocenters. The van der Waals surface area contributed by atoms with Gasteiger partial charge in [-0.2, -0.15) is 5.10 Å². The van der Waals surface area contributed by atoms with Gasteiger partial charge in [0.05, 0.1) is 41.2 Å². The summed E-state index contributed by atoms with van der Waals surface area (Å²) in [5.41, 5.74) is 3.14. The molecule has 0 aliphatic rings. The first kappa shape index (κ1) is 28.2. The van der Waals surface area contributed by atoms with Gasteiger partial charge in [-0.1, -0.05) is 53.5 Å². The van der Waals surface area contributed by atoms with Crippen molar-refractivity contribution in [3.05, 3.63) is 135 Å². The van der Waals surface area contributed by atoms with Gasteiger partial charge in [0.15, 0.2) is 0 Å². The van der Waals surface area contributed by atoms with Crippen molar-refractivity contribution in [2.75, 3.05) is 7.11 Å². The average Bonchev–Trinajstić information content (AvgIpc) is 3.28. The number of aryl methyl sites for hydroxylation is 1. The molecular formula is C32H26Cl2FN3O3. The van der Waals surface area contributed by atoms with Crippen LogP contribution in [0.5, 0.6) is 17.4 Å². The molecule has 1 heterocycles. The second-order valence-corrected chi connectivity index (χ2v) is 10.1. The first-order valence-electron chi connectivity index (χ1n) is 12.8. The summed E-state index contributed by atoms with van der Waals surface area (Å²) in [6.45, 7) is 2.20. The number of hydrogen-bond acceptors (Lipinski definition) is 4. The smallest absolute Gasteiger partial charge is 0.255 e. The van der Waals surface area contributed by atoms with E-state index in [2.05, 4.69) is 0 Å². The van der Waals surface area contributed by atoms with E-state index in [1.807, 2.05) is 19.1 Å². The minimum atomic E-state index is -0.355. The third kappa shape index (κ3) is 6.53. The first-order valence-corrected chi connectivity index (χ1v) is 13.5. The van der Waals surface area contributed by atoms with Gasteiger partial charge in [-0.15, -0.1) is 0 Å². The van der Waals surface area contributed by atoms with Crippen LogP contribution in [0.4, 0.5) is 4.39 Å². The number of hydrogen-bond donors (Lipinski definition) is 0. The molecule has 41 heavy (non-hydrogen) atoms. The van der Waals surface area contributed by atoms with Crippen molar-refractivity contribution in [2.24, 2.45) is 0 Å². The fourth-order valence-corrected chi connectivity index (χ4v) is 4.77. The van der Waals surface area contributed by atoms with E-state index in [9.17, 15) is 9.18 Å². The molecule has 1 aromatic heterocycles. The summed E-state index contributed by atoms with van der Waals surface area (Å²) in [4.78, 5) is 15.5. The number of benzene rings is 4. The molecular weight excluding hydrogens is 564 g/mol. The van der Waals surface area contributed by atoms with Crippen molar-refractivity contribution in [2.45, 2.75) is 20.0 Å². The number of nitrogens with zero attached hydrogens (tertiary/aromatic N) is 3. The van der Waals surface area contributed by atoms with E-state index in [1.165, 1.54) is 12.1 Å². The number of aromatic nitrogens is 2. The number of halogens is 3. The molecule has 208 valence electrons. The molecule has 0 aliphatic heterocycles. The lowest BCUT2D eigenvalue weighted by Crippen LogP contribution is -2.30. The molecule has 5 rings (SSSR count). The van der Waals surface area contributed by atoms with E-state index in [1.54, 1.807) is 89.5 Å². The lowest BCUT2D eigenvalue weighted by molar-refractivity contribution is 0.0729. The summed E-state index contributed by atoms with van der Waals surface area (Å²) < 4.78 is 27.0. The molecule has 5 aromatic rings. The largest absolute Gasteiger partial charge is 0.497 e. The van der Waals surface area contributed by atoms with Crippen LogP contribution in [0.2, 0.25) is 10.0 Å². The third-order valence-electron chi connectivity index (χ3n) is 6.49. The van der Waals surface area contributed by atoms with Gasteiger partial charge in [0.2, 0.25) is 5.88 Å². The summed E-state index contributed by atoms with van der Waals surface area (Å²) in [5.74, 6) is 1.02. The number of carbonyl (C=O) groups excluding carboxylic acids is 1. The van der Waals surface area contributed by atoms with Gasteiger partial charge in [0.25, 0.3) is 5.91 Å². The summed E-state index contributed by atoms with van der Waals surface area (Å²) in [6.07, 6.45) is 0.